The van der Waals surface area contributed by atoms with Gasteiger partial charge in [0.2, 0.25) is 5.95 Å². The lowest BCUT2D eigenvalue weighted by Gasteiger charge is -2.33. The van der Waals surface area contributed by atoms with Crippen LogP contribution in [0.3, 0.4) is 0 Å². The highest BCUT2D eigenvalue weighted by Crippen LogP contribution is 2.32. The molecule has 0 bridgehead atoms. The van der Waals surface area contributed by atoms with Gasteiger partial charge in [-0.1, -0.05) is 32.6 Å². The second-order valence-corrected chi connectivity index (χ2v) is 8.54. The van der Waals surface area contributed by atoms with Gasteiger partial charge >= 0.3 is 0 Å². The zero-order chi connectivity index (χ0) is 23.1. The maximum atomic E-state index is 13.9. The molecule has 8 nitrogen and oxygen atoms in total. The van der Waals surface area contributed by atoms with Gasteiger partial charge in [0.05, 0.1) is 5.69 Å². The van der Waals surface area contributed by atoms with E-state index in [4.69, 9.17) is 0 Å². The first-order chi connectivity index (χ1) is 15.4. The Labute approximate surface area is 193 Å². The Hall–Kier alpha value is -2.46. The lowest BCUT2D eigenvalue weighted by molar-refractivity contribution is 0.0957. The minimum Gasteiger partial charge on any atom is -0.365 e. The zero-order valence-corrected chi connectivity index (χ0v) is 19.5. The summed E-state index contributed by atoms with van der Waals surface area (Å²) in [5.41, 5.74) is 2.20. The SMILES string of the molecule is CCc1ncc(C2CCCC2)[nH]c1=O.CNC(=O)c1ccc(N2CCN(S)CC2)c(F)n1. The normalized spacial score (nSPS) is 17.1. The Morgan fingerprint density at radius 3 is 2.50 bits per heavy atom. The number of anilines is 1. The van der Waals surface area contributed by atoms with Gasteiger partial charge in [0.25, 0.3) is 11.5 Å². The highest BCUT2D eigenvalue weighted by Gasteiger charge is 2.20. The van der Waals surface area contributed by atoms with Gasteiger partial charge in [-0.15, -0.1) is 0 Å². The number of nitrogens with one attached hydrogen (secondary N) is 2. The van der Waals surface area contributed by atoms with Crippen molar-refractivity contribution in [1.29, 1.82) is 0 Å². The molecule has 1 saturated heterocycles. The van der Waals surface area contributed by atoms with Gasteiger partial charge < -0.3 is 15.2 Å². The molecule has 1 saturated carbocycles. The first-order valence-corrected chi connectivity index (χ1v) is 11.5. The summed E-state index contributed by atoms with van der Waals surface area (Å²) < 4.78 is 15.8. The number of nitrogens with zero attached hydrogens (tertiary/aromatic N) is 4. The standard InChI is InChI=1S/C11H15FN4OS.C11H16N2O/c1-13-11(17)8-2-3-9(10(12)14-8)15-4-6-16(18)7-5-15;1-2-9-11(14)13-10(7-12-9)8-5-3-4-6-8/h2-3,18H,4-7H2,1H3,(H,13,17);7-8H,2-6H2,1H3,(H,13,14). The number of aromatic nitrogens is 3. The number of amides is 1. The largest absolute Gasteiger partial charge is 0.365 e. The summed E-state index contributed by atoms with van der Waals surface area (Å²) in [5, 5.41) is 2.41. The number of aromatic amines is 1. The van der Waals surface area contributed by atoms with E-state index in [0.29, 0.717) is 36.8 Å². The molecular weight excluding hydrogens is 431 g/mol. The van der Waals surface area contributed by atoms with Crippen molar-refractivity contribution in [3.63, 3.8) is 0 Å². The molecule has 2 aromatic rings. The van der Waals surface area contributed by atoms with Gasteiger partial charge in [-0.3, -0.25) is 14.6 Å². The summed E-state index contributed by atoms with van der Waals surface area (Å²) in [6.45, 7) is 4.87. The third kappa shape index (κ3) is 6.07. The molecule has 174 valence electrons. The van der Waals surface area contributed by atoms with Gasteiger partial charge in [-0.2, -0.15) is 4.39 Å². The summed E-state index contributed by atoms with van der Waals surface area (Å²) in [6.07, 6.45) is 7.51. The number of rotatable bonds is 4. The number of H-pyrrole nitrogens is 1. The van der Waals surface area contributed by atoms with Crippen molar-refractivity contribution in [2.45, 2.75) is 44.9 Å². The highest BCUT2D eigenvalue weighted by atomic mass is 32.1. The van der Waals surface area contributed by atoms with Crippen molar-refractivity contribution in [3.8, 4) is 0 Å². The van der Waals surface area contributed by atoms with Crippen LogP contribution in [0.2, 0.25) is 0 Å². The molecule has 32 heavy (non-hydrogen) atoms. The smallest absolute Gasteiger partial charge is 0.269 e. The maximum absolute atomic E-state index is 13.9. The fourth-order valence-electron chi connectivity index (χ4n) is 3.99. The van der Waals surface area contributed by atoms with Crippen molar-refractivity contribution < 1.29 is 9.18 Å². The van der Waals surface area contributed by atoms with E-state index in [-0.39, 0.29) is 17.2 Å². The topological polar surface area (TPSA) is 94.2 Å². The molecule has 3 heterocycles. The second kappa shape index (κ2) is 11.4. The van der Waals surface area contributed by atoms with Crippen LogP contribution in [0.1, 0.15) is 60.4 Å². The van der Waals surface area contributed by atoms with Crippen LogP contribution < -0.4 is 15.8 Å². The summed E-state index contributed by atoms with van der Waals surface area (Å²) in [7, 11) is 1.49. The molecule has 1 amide bonds. The van der Waals surface area contributed by atoms with Gasteiger partial charge in [0.1, 0.15) is 11.4 Å². The van der Waals surface area contributed by atoms with Gasteiger partial charge in [0.15, 0.2) is 0 Å². The fourth-order valence-corrected chi connectivity index (χ4v) is 4.17. The molecule has 10 heteroatoms. The summed E-state index contributed by atoms with van der Waals surface area (Å²) >= 11 is 4.24. The predicted octanol–water partition coefficient (Wildman–Crippen LogP) is 2.54. The molecular formula is C22H31FN6O2S. The third-order valence-electron chi connectivity index (χ3n) is 5.89. The van der Waals surface area contributed by atoms with Crippen LogP contribution in [0.25, 0.3) is 0 Å². The van der Waals surface area contributed by atoms with Crippen LogP contribution in [0.5, 0.6) is 0 Å². The number of piperazine rings is 1. The van der Waals surface area contributed by atoms with Crippen LogP contribution in [0, 0.1) is 5.95 Å². The van der Waals surface area contributed by atoms with Crippen molar-refractivity contribution in [3.05, 3.63) is 51.7 Å². The van der Waals surface area contributed by atoms with E-state index in [0.717, 1.165) is 18.8 Å². The molecule has 4 rings (SSSR count). The molecule has 2 aliphatic rings. The van der Waals surface area contributed by atoms with Crippen LogP contribution in [0.4, 0.5) is 10.1 Å². The first kappa shape index (κ1) is 24.2. The molecule has 0 spiro atoms. The van der Waals surface area contributed by atoms with Gasteiger partial charge in [0, 0.05) is 51.0 Å². The molecule has 2 fully saturated rings. The van der Waals surface area contributed by atoms with E-state index in [1.54, 1.807) is 6.07 Å². The Balaban J connectivity index is 0.000000186. The third-order valence-corrected chi connectivity index (χ3v) is 6.29. The molecule has 0 aromatic carbocycles. The second-order valence-electron chi connectivity index (χ2n) is 7.98. The van der Waals surface area contributed by atoms with Crippen molar-refractivity contribution >= 4 is 24.4 Å². The van der Waals surface area contributed by atoms with Crippen LogP contribution in [-0.4, -0.2) is 58.4 Å². The van der Waals surface area contributed by atoms with E-state index in [2.05, 4.69) is 33.1 Å². The number of halogens is 1. The number of thiol groups is 1. The number of pyridine rings is 1. The van der Waals surface area contributed by atoms with E-state index in [1.807, 2.05) is 22.3 Å². The van der Waals surface area contributed by atoms with Crippen molar-refractivity contribution in [2.24, 2.45) is 0 Å². The average Bonchev–Trinajstić information content (AvgIpc) is 3.35. The monoisotopic (exact) mass is 462 g/mol. The number of aryl methyl sites for hydroxylation is 1. The highest BCUT2D eigenvalue weighted by molar-refractivity contribution is 7.77. The molecule has 0 radical (unpaired) electrons. The minimum atomic E-state index is -0.608. The Bertz CT molecular complexity index is 971. The average molecular weight is 463 g/mol. The first-order valence-electron chi connectivity index (χ1n) is 11.1. The number of hydrogen-bond acceptors (Lipinski definition) is 7. The zero-order valence-electron chi connectivity index (χ0n) is 18.6. The number of carbonyl (C=O) groups is 1. The molecule has 2 N–H and O–H groups in total. The minimum absolute atomic E-state index is 0.00287. The number of hydrogen-bond donors (Lipinski definition) is 3. The van der Waals surface area contributed by atoms with Crippen LogP contribution >= 0.6 is 12.8 Å². The Morgan fingerprint density at radius 2 is 1.94 bits per heavy atom. The summed E-state index contributed by atoms with van der Waals surface area (Å²) in [5.74, 6) is -0.453. The number of carbonyl (C=O) groups excluding carboxylic acids is 1. The van der Waals surface area contributed by atoms with E-state index < -0.39 is 5.95 Å². The molecule has 0 atom stereocenters. The predicted molar refractivity (Wildman–Crippen MR) is 126 cm³/mol. The van der Waals surface area contributed by atoms with E-state index in [9.17, 15) is 14.0 Å². The quantitative estimate of drug-likeness (QED) is 0.478. The van der Waals surface area contributed by atoms with Crippen LogP contribution in [0.15, 0.2) is 23.1 Å². The Kier molecular flexibility index (Phi) is 8.63. The maximum Gasteiger partial charge on any atom is 0.269 e. The fraction of sp³-hybridized carbons (Fsp3) is 0.545. The molecule has 1 aliphatic carbocycles. The van der Waals surface area contributed by atoms with Crippen LogP contribution in [-0.2, 0) is 6.42 Å². The van der Waals surface area contributed by atoms with Gasteiger partial charge in [-0.25, -0.2) is 9.29 Å². The lowest BCUT2D eigenvalue weighted by atomic mass is 10.1. The molecule has 1 aliphatic heterocycles. The molecule has 0 unspecified atom stereocenters. The van der Waals surface area contributed by atoms with E-state index in [1.165, 1.54) is 38.8 Å². The summed E-state index contributed by atoms with van der Waals surface area (Å²) in [6, 6.07) is 3.13. The van der Waals surface area contributed by atoms with Gasteiger partial charge in [-0.05, 0) is 31.4 Å². The van der Waals surface area contributed by atoms with Crippen molar-refractivity contribution in [2.75, 3.05) is 38.1 Å². The van der Waals surface area contributed by atoms with Crippen molar-refractivity contribution in [1.82, 2.24) is 24.6 Å². The Morgan fingerprint density at radius 1 is 1.25 bits per heavy atom. The summed E-state index contributed by atoms with van der Waals surface area (Å²) in [4.78, 5) is 35.6. The van der Waals surface area contributed by atoms with E-state index >= 15 is 0 Å². The lowest BCUT2D eigenvalue weighted by Crippen LogP contribution is -2.43. The molecule has 2 aromatic heterocycles.